The Hall–Kier alpha value is -0.930. The van der Waals surface area contributed by atoms with Crippen molar-refractivity contribution in [1.29, 1.82) is 0 Å². The van der Waals surface area contributed by atoms with Crippen LogP contribution in [0.25, 0.3) is 0 Å². The Morgan fingerprint density at radius 3 is 2.00 bits per heavy atom. The summed E-state index contributed by atoms with van der Waals surface area (Å²) in [6.45, 7) is 2.94. The number of hydrogen-bond acceptors (Lipinski definition) is 2. The first-order chi connectivity index (χ1) is 9.26. The third-order valence-corrected chi connectivity index (χ3v) is 4.30. The average Bonchev–Trinajstić information content (AvgIpc) is 3.28. The maximum Gasteiger partial charge on any atom is 0.123 e. The van der Waals surface area contributed by atoms with Gasteiger partial charge in [-0.05, 0) is 55.2 Å². The monoisotopic (exact) mass is 262 g/mol. The molecule has 0 amide bonds. The van der Waals surface area contributed by atoms with Gasteiger partial charge in [0.25, 0.3) is 0 Å². The van der Waals surface area contributed by atoms with Gasteiger partial charge in [0.1, 0.15) is 5.82 Å². The van der Waals surface area contributed by atoms with E-state index in [2.05, 4.69) is 4.90 Å². The molecule has 0 saturated heterocycles. The van der Waals surface area contributed by atoms with Crippen molar-refractivity contribution in [3.8, 4) is 0 Å². The lowest BCUT2D eigenvalue weighted by Gasteiger charge is -2.31. The Bertz CT molecular complexity index is 395. The second kappa shape index (κ2) is 5.59. The summed E-state index contributed by atoms with van der Waals surface area (Å²) in [6.07, 6.45) is 5.45. The van der Waals surface area contributed by atoms with Crippen molar-refractivity contribution in [2.75, 3.05) is 19.6 Å². The van der Waals surface area contributed by atoms with Crippen molar-refractivity contribution in [1.82, 2.24) is 4.90 Å². The van der Waals surface area contributed by atoms with Gasteiger partial charge in [-0.1, -0.05) is 12.1 Å². The Balaban J connectivity index is 1.73. The molecule has 1 aromatic rings. The number of nitrogens with zero attached hydrogens (tertiary/aromatic N) is 1. The Kier molecular flexibility index (Phi) is 3.85. The van der Waals surface area contributed by atoms with E-state index in [4.69, 9.17) is 5.73 Å². The second-order valence-corrected chi connectivity index (χ2v) is 6.14. The predicted molar refractivity (Wildman–Crippen MR) is 75.2 cm³/mol. The molecule has 2 N–H and O–H groups in total. The summed E-state index contributed by atoms with van der Waals surface area (Å²) in [6, 6.07) is 7.12. The van der Waals surface area contributed by atoms with Crippen molar-refractivity contribution < 1.29 is 4.39 Å². The number of benzene rings is 1. The van der Waals surface area contributed by atoms with Gasteiger partial charge in [-0.3, -0.25) is 4.90 Å². The number of rotatable bonds is 7. The molecule has 104 valence electrons. The SMILES string of the molecule is NCC(c1ccc(F)cc1)N(CC1CC1)CC1CC1. The third kappa shape index (κ3) is 3.54. The Morgan fingerprint density at radius 1 is 1.05 bits per heavy atom. The highest BCUT2D eigenvalue weighted by molar-refractivity contribution is 5.20. The molecule has 0 radical (unpaired) electrons. The molecule has 2 saturated carbocycles. The highest BCUT2D eigenvalue weighted by Crippen LogP contribution is 2.36. The van der Waals surface area contributed by atoms with E-state index >= 15 is 0 Å². The molecular formula is C16H23FN2. The minimum Gasteiger partial charge on any atom is -0.329 e. The van der Waals surface area contributed by atoms with E-state index in [0.29, 0.717) is 6.54 Å². The van der Waals surface area contributed by atoms with Gasteiger partial charge in [-0.2, -0.15) is 0 Å². The first-order valence-corrected chi connectivity index (χ1v) is 7.46. The summed E-state index contributed by atoms with van der Waals surface area (Å²) >= 11 is 0. The van der Waals surface area contributed by atoms with Gasteiger partial charge < -0.3 is 5.73 Å². The van der Waals surface area contributed by atoms with Crippen LogP contribution in [0.4, 0.5) is 4.39 Å². The van der Waals surface area contributed by atoms with Gasteiger partial charge in [0.15, 0.2) is 0 Å². The number of nitrogens with two attached hydrogens (primary N) is 1. The lowest BCUT2D eigenvalue weighted by molar-refractivity contribution is 0.184. The molecule has 0 aromatic heterocycles. The van der Waals surface area contributed by atoms with Gasteiger partial charge in [0.2, 0.25) is 0 Å². The normalized spacial score (nSPS) is 20.8. The summed E-state index contributed by atoms with van der Waals surface area (Å²) < 4.78 is 13.1. The van der Waals surface area contributed by atoms with Crippen LogP contribution in [0.2, 0.25) is 0 Å². The van der Waals surface area contributed by atoms with Crippen molar-refractivity contribution in [2.24, 2.45) is 17.6 Å². The first-order valence-electron chi connectivity index (χ1n) is 7.46. The summed E-state index contributed by atoms with van der Waals surface area (Å²) in [4.78, 5) is 2.54. The van der Waals surface area contributed by atoms with Gasteiger partial charge in [-0.15, -0.1) is 0 Å². The molecule has 3 heteroatoms. The largest absolute Gasteiger partial charge is 0.329 e. The fourth-order valence-corrected chi connectivity index (χ4v) is 2.77. The molecule has 2 aliphatic carbocycles. The standard InChI is InChI=1S/C16H23FN2/c17-15-7-5-14(6-8-15)16(9-18)19(10-12-1-2-12)11-13-3-4-13/h5-8,12-13,16H,1-4,9-11,18H2. The predicted octanol–water partition coefficient (Wildman–Crippen LogP) is 2.95. The molecule has 1 atom stereocenters. The minimum absolute atomic E-state index is 0.171. The molecule has 0 bridgehead atoms. The zero-order chi connectivity index (χ0) is 13.2. The van der Waals surface area contributed by atoms with Gasteiger partial charge in [-0.25, -0.2) is 4.39 Å². The van der Waals surface area contributed by atoms with E-state index in [1.54, 1.807) is 12.1 Å². The molecular weight excluding hydrogens is 239 g/mol. The first kappa shape index (κ1) is 13.1. The lowest BCUT2D eigenvalue weighted by atomic mass is 10.0. The molecule has 1 unspecified atom stereocenters. The van der Waals surface area contributed by atoms with Gasteiger partial charge in [0.05, 0.1) is 0 Å². The summed E-state index contributed by atoms with van der Waals surface area (Å²) in [5.41, 5.74) is 7.16. The summed E-state index contributed by atoms with van der Waals surface area (Å²) in [5.74, 6) is 1.57. The van der Waals surface area contributed by atoms with E-state index in [-0.39, 0.29) is 11.9 Å². The lowest BCUT2D eigenvalue weighted by Crippen LogP contribution is -2.36. The number of hydrogen-bond donors (Lipinski definition) is 1. The molecule has 2 aliphatic rings. The van der Waals surface area contributed by atoms with E-state index in [9.17, 15) is 4.39 Å². The van der Waals surface area contributed by atoms with Crippen LogP contribution in [0.15, 0.2) is 24.3 Å². The second-order valence-electron chi connectivity index (χ2n) is 6.14. The number of halogens is 1. The van der Waals surface area contributed by atoms with E-state index in [1.165, 1.54) is 25.7 Å². The maximum absolute atomic E-state index is 13.1. The zero-order valence-electron chi connectivity index (χ0n) is 11.4. The van der Waals surface area contributed by atoms with E-state index in [1.807, 2.05) is 12.1 Å². The third-order valence-electron chi connectivity index (χ3n) is 4.30. The van der Waals surface area contributed by atoms with Gasteiger partial charge >= 0.3 is 0 Å². The maximum atomic E-state index is 13.1. The highest BCUT2D eigenvalue weighted by Gasteiger charge is 2.32. The van der Waals surface area contributed by atoms with Crippen LogP contribution in [0, 0.1) is 17.7 Å². The molecule has 0 aliphatic heterocycles. The van der Waals surface area contributed by atoms with Crippen LogP contribution in [0.3, 0.4) is 0 Å². The highest BCUT2D eigenvalue weighted by atomic mass is 19.1. The van der Waals surface area contributed by atoms with Crippen LogP contribution in [-0.4, -0.2) is 24.5 Å². The topological polar surface area (TPSA) is 29.3 Å². The molecule has 1 aromatic carbocycles. The Morgan fingerprint density at radius 2 is 1.58 bits per heavy atom. The minimum atomic E-state index is -0.171. The van der Waals surface area contributed by atoms with Crippen molar-refractivity contribution in [2.45, 2.75) is 31.7 Å². The molecule has 3 rings (SSSR count). The van der Waals surface area contributed by atoms with Crippen LogP contribution < -0.4 is 5.73 Å². The van der Waals surface area contributed by atoms with E-state index in [0.717, 1.165) is 30.5 Å². The quantitative estimate of drug-likeness (QED) is 0.818. The van der Waals surface area contributed by atoms with Crippen molar-refractivity contribution >= 4 is 0 Å². The fourth-order valence-electron chi connectivity index (χ4n) is 2.77. The summed E-state index contributed by atoms with van der Waals surface area (Å²) in [7, 11) is 0. The molecule has 2 nitrogen and oxygen atoms in total. The fraction of sp³-hybridized carbons (Fsp3) is 0.625. The van der Waals surface area contributed by atoms with Crippen molar-refractivity contribution in [3.05, 3.63) is 35.6 Å². The average molecular weight is 262 g/mol. The van der Waals surface area contributed by atoms with Gasteiger partial charge in [0, 0.05) is 25.7 Å². The molecule has 0 heterocycles. The Labute approximate surface area is 114 Å². The summed E-state index contributed by atoms with van der Waals surface area (Å²) in [5, 5.41) is 0. The smallest absolute Gasteiger partial charge is 0.123 e. The molecule has 0 spiro atoms. The zero-order valence-corrected chi connectivity index (χ0v) is 11.4. The van der Waals surface area contributed by atoms with E-state index < -0.39 is 0 Å². The van der Waals surface area contributed by atoms with Crippen LogP contribution in [0.1, 0.15) is 37.3 Å². The van der Waals surface area contributed by atoms with Crippen LogP contribution in [0.5, 0.6) is 0 Å². The molecule has 19 heavy (non-hydrogen) atoms. The van der Waals surface area contributed by atoms with Crippen LogP contribution >= 0.6 is 0 Å². The molecule has 2 fully saturated rings. The van der Waals surface area contributed by atoms with Crippen LogP contribution in [-0.2, 0) is 0 Å². The van der Waals surface area contributed by atoms with Crippen molar-refractivity contribution in [3.63, 3.8) is 0 Å².